The molecule has 7 heteroatoms. The molecule has 0 radical (unpaired) electrons. The summed E-state index contributed by atoms with van der Waals surface area (Å²) in [7, 11) is 1.61. The summed E-state index contributed by atoms with van der Waals surface area (Å²) in [6.45, 7) is 7.51. The molecular weight excluding hydrogens is 390 g/mol. The van der Waals surface area contributed by atoms with Crippen molar-refractivity contribution in [1.29, 1.82) is 0 Å². The van der Waals surface area contributed by atoms with Gasteiger partial charge in [-0.15, -0.1) is 0 Å². The number of carbonyl (C=O) groups excluding carboxylic acids is 1. The zero-order valence-electron chi connectivity index (χ0n) is 18.5. The molecule has 1 aromatic heterocycles. The number of ether oxygens (including phenoxy) is 1. The first-order valence-electron chi connectivity index (χ1n) is 10.4. The zero-order chi connectivity index (χ0) is 22.2. The lowest BCUT2D eigenvalue weighted by Gasteiger charge is -2.14. The first-order valence-corrected chi connectivity index (χ1v) is 10.4. The molecular formula is C24H29N5O2. The lowest BCUT2D eigenvalue weighted by Crippen LogP contribution is -2.36. The van der Waals surface area contributed by atoms with Crippen LogP contribution in [-0.2, 0) is 13.0 Å². The van der Waals surface area contributed by atoms with Crippen LogP contribution in [0.5, 0.6) is 5.75 Å². The van der Waals surface area contributed by atoms with Crippen LogP contribution >= 0.6 is 0 Å². The van der Waals surface area contributed by atoms with Crippen molar-refractivity contribution in [3.8, 4) is 5.75 Å². The Morgan fingerprint density at radius 3 is 2.48 bits per heavy atom. The van der Waals surface area contributed by atoms with Crippen molar-refractivity contribution in [1.82, 2.24) is 15.1 Å². The molecule has 3 rings (SSSR count). The molecule has 0 fully saturated rings. The fourth-order valence-electron chi connectivity index (χ4n) is 3.44. The van der Waals surface area contributed by atoms with E-state index in [-0.39, 0.29) is 5.91 Å². The van der Waals surface area contributed by atoms with E-state index in [1.54, 1.807) is 19.2 Å². The maximum absolute atomic E-state index is 12.7. The van der Waals surface area contributed by atoms with Crippen LogP contribution in [0.3, 0.4) is 0 Å². The molecule has 0 aliphatic carbocycles. The van der Waals surface area contributed by atoms with Gasteiger partial charge in [-0.05, 0) is 57.0 Å². The summed E-state index contributed by atoms with van der Waals surface area (Å²) in [5, 5.41) is 10.7. The minimum Gasteiger partial charge on any atom is -0.495 e. The third-order valence-electron chi connectivity index (χ3n) is 5.09. The number of carbonyl (C=O) groups is 1. The summed E-state index contributed by atoms with van der Waals surface area (Å²) in [5.74, 6) is 0.810. The van der Waals surface area contributed by atoms with Crippen LogP contribution in [0.4, 0.5) is 5.69 Å². The first kappa shape index (κ1) is 22.1. The number of aliphatic imine (C=N–C) groups is 1. The molecule has 0 bridgehead atoms. The lowest BCUT2D eigenvalue weighted by molar-refractivity contribution is 0.0977. The Hall–Kier alpha value is -3.61. The van der Waals surface area contributed by atoms with Crippen molar-refractivity contribution in [3.05, 3.63) is 77.1 Å². The molecule has 162 valence electrons. The van der Waals surface area contributed by atoms with Crippen molar-refractivity contribution >= 4 is 17.6 Å². The largest absolute Gasteiger partial charge is 0.495 e. The van der Waals surface area contributed by atoms with Gasteiger partial charge in [-0.25, -0.2) is 0 Å². The van der Waals surface area contributed by atoms with Gasteiger partial charge in [0.2, 0.25) is 5.96 Å². The second-order valence-electron chi connectivity index (χ2n) is 7.09. The van der Waals surface area contributed by atoms with Crippen LogP contribution in [0.25, 0.3) is 0 Å². The third kappa shape index (κ3) is 5.51. The molecule has 7 nitrogen and oxygen atoms in total. The fourth-order valence-corrected chi connectivity index (χ4v) is 3.44. The van der Waals surface area contributed by atoms with Crippen LogP contribution in [-0.4, -0.2) is 35.3 Å². The molecule has 0 saturated heterocycles. The Kier molecular flexibility index (Phi) is 7.43. The molecule has 0 aliphatic heterocycles. The molecule has 0 atom stereocenters. The number of nitrogens with one attached hydrogen (secondary N) is 2. The van der Waals surface area contributed by atoms with Crippen LogP contribution in [0, 0.1) is 13.8 Å². The second kappa shape index (κ2) is 10.4. The molecule has 1 amide bonds. The average molecular weight is 420 g/mol. The van der Waals surface area contributed by atoms with Gasteiger partial charge in [0, 0.05) is 24.3 Å². The third-order valence-corrected chi connectivity index (χ3v) is 5.09. The summed E-state index contributed by atoms with van der Waals surface area (Å²) in [5.41, 5.74) is 4.65. The monoisotopic (exact) mass is 419 g/mol. The molecule has 3 aromatic rings. The number of nitrogens with zero attached hydrogens (tertiary/aromatic N) is 3. The molecule has 2 N–H and O–H groups in total. The van der Waals surface area contributed by atoms with E-state index in [0.717, 1.165) is 30.0 Å². The van der Waals surface area contributed by atoms with Gasteiger partial charge in [-0.2, -0.15) is 5.10 Å². The van der Waals surface area contributed by atoms with Gasteiger partial charge < -0.3 is 10.1 Å². The average Bonchev–Trinajstić information content (AvgIpc) is 3.07. The maximum Gasteiger partial charge on any atom is 0.257 e. The topological polar surface area (TPSA) is 80.5 Å². The van der Waals surface area contributed by atoms with Gasteiger partial charge in [0.1, 0.15) is 5.75 Å². The van der Waals surface area contributed by atoms with E-state index in [2.05, 4.69) is 34.6 Å². The first-order chi connectivity index (χ1) is 15.0. The zero-order valence-corrected chi connectivity index (χ0v) is 18.5. The number of para-hydroxylation sites is 2. The summed E-state index contributed by atoms with van der Waals surface area (Å²) < 4.78 is 7.41. The summed E-state index contributed by atoms with van der Waals surface area (Å²) >= 11 is 0. The van der Waals surface area contributed by atoms with Gasteiger partial charge in [0.05, 0.1) is 18.5 Å². The van der Waals surface area contributed by atoms with Gasteiger partial charge in [-0.3, -0.25) is 19.8 Å². The van der Waals surface area contributed by atoms with Crippen molar-refractivity contribution in [3.63, 3.8) is 0 Å². The molecule has 0 unspecified atom stereocenters. The SMILES string of the molecule is CCn1nc(C)c(CCN=C(NC(=O)c2ccccc2)Nc2ccccc2OC)c1C. The number of aromatic nitrogens is 2. The summed E-state index contributed by atoms with van der Waals surface area (Å²) in [4.78, 5) is 17.4. The van der Waals surface area contributed by atoms with Crippen LogP contribution in [0.2, 0.25) is 0 Å². The number of methoxy groups -OCH3 is 1. The van der Waals surface area contributed by atoms with E-state index in [1.165, 1.54) is 5.56 Å². The van der Waals surface area contributed by atoms with E-state index in [4.69, 9.17) is 4.74 Å². The molecule has 0 saturated carbocycles. The predicted molar refractivity (Wildman–Crippen MR) is 124 cm³/mol. The van der Waals surface area contributed by atoms with E-state index < -0.39 is 0 Å². The van der Waals surface area contributed by atoms with Crippen LogP contribution in [0.1, 0.15) is 34.2 Å². The quantitative estimate of drug-likeness (QED) is 0.449. The molecule has 31 heavy (non-hydrogen) atoms. The van der Waals surface area contributed by atoms with Gasteiger partial charge in [-0.1, -0.05) is 30.3 Å². The van der Waals surface area contributed by atoms with Gasteiger partial charge in [0.25, 0.3) is 5.91 Å². The smallest absolute Gasteiger partial charge is 0.257 e. The maximum atomic E-state index is 12.7. The number of rotatable bonds is 7. The van der Waals surface area contributed by atoms with E-state index in [0.29, 0.717) is 23.8 Å². The van der Waals surface area contributed by atoms with Crippen molar-refractivity contribution in [2.45, 2.75) is 33.7 Å². The highest BCUT2D eigenvalue weighted by Gasteiger charge is 2.13. The highest BCUT2D eigenvalue weighted by Crippen LogP contribution is 2.23. The number of aryl methyl sites for hydroxylation is 2. The Balaban J connectivity index is 1.80. The Labute approximate surface area is 183 Å². The van der Waals surface area contributed by atoms with Gasteiger partial charge >= 0.3 is 0 Å². The van der Waals surface area contributed by atoms with Crippen molar-refractivity contribution in [2.24, 2.45) is 4.99 Å². The highest BCUT2D eigenvalue weighted by atomic mass is 16.5. The number of amides is 1. The van der Waals surface area contributed by atoms with Crippen molar-refractivity contribution in [2.75, 3.05) is 19.0 Å². The number of guanidine groups is 1. The summed E-state index contributed by atoms with van der Waals surface area (Å²) in [6.07, 6.45) is 0.732. The second-order valence-corrected chi connectivity index (χ2v) is 7.09. The summed E-state index contributed by atoms with van der Waals surface area (Å²) in [6, 6.07) is 16.6. The molecule has 0 spiro atoms. The fraction of sp³-hybridized carbons (Fsp3) is 0.292. The van der Waals surface area contributed by atoms with Gasteiger partial charge in [0.15, 0.2) is 0 Å². The van der Waals surface area contributed by atoms with Crippen LogP contribution < -0.4 is 15.4 Å². The van der Waals surface area contributed by atoms with E-state index in [1.807, 2.05) is 54.1 Å². The Bertz CT molecular complexity index is 1060. The number of benzene rings is 2. The van der Waals surface area contributed by atoms with E-state index in [9.17, 15) is 4.79 Å². The van der Waals surface area contributed by atoms with E-state index >= 15 is 0 Å². The van der Waals surface area contributed by atoms with Crippen LogP contribution in [0.15, 0.2) is 59.6 Å². The highest BCUT2D eigenvalue weighted by molar-refractivity contribution is 6.10. The normalized spacial score (nSPS) is 11.3. The number of hydrogen-bond donors (Lipinski definition) is 2. The lowest BCUT2D eigenvalue weighted by atomic mass is 10.1. The Morgan fingerprint density at radius 2 is 1.81 bits per heavy atom. The minimum absolute atomic E-state index is 0.229. The minimum atomic E-state index is -0.229. The molecule has 2 aromatic carbocycles. The number of hydrogen-bond acceptors (Lipinski definition) is 4. The predicted octanol–water partition coefficient (Wildman–Crippen LogP) is 3.97. The van der Waals surface area contributed by atoms with Crippen molar-refractivity contribution < 1.29 is 9.53 Å². The Morgan fingerprint density at radius 1 is 1.10 bits per heavy atom. The molecule has 1 heterocycles. The standard InChI is InChI=1S/C24H29N5O2/c1-5-29-18(3)20(17(2)28-29)15-16-25-24(26-21-13-9-10-14-22(21)31-4)27-23(30)19-11-7-6-8-12-19/h6-14H,5,15-16H2,1-4H3,(H2,25,26,27,30). The number of anilines is 1. The molecule has 0 aliphatic rings.